The van der Waals surface area contributed by atoms with Crippen molar-refractivity contribution in [2.75, 3.05) is 32.8 Å². The summed E-state index contributed by atoms with van der Waals surface area (Å²) in [5, 5.41) is 0. The third-order valence-electron chi connectivity index (χ3n) is 4.77. The Bertz CT molecular complexity index is 687. The van der Waals surface area contributed by atoms with Crippen LogP contribution in [0.3, 0.4) is 0 Å². The van der Waals surface area contributed by atoms with E-state index in [4.69, 9.17) is 9.47 Å². The van der Waals surface area contributed by atoms with Crippen molar-refractivity contribution in [1.82, 2.24) is 9.62 Å². The van der Waals surface area contributed by atoms with Gasteiger partial charge in [-0.15, -0.1) is 0 Å². The first-order chi connectivity index (χ1) is 11.1. The first-order valence-corrected chi connectivity index (χ1v) is 9.73. The second-order valence-electron chi connectivity index (χ2n) is 6.54. The maximum absolute atomic E-state index is 12.5. The van der Waals surface area contributed by atoms with E-state index in [1.807, 2.05) is 0 Å². The van der Waals surface area contributed by atoms with E-state index >= 15 is 0 Å². The van der Waals surface area contributed by atoms with Crippen LogP contribution < -0.4 is 14.2 Å². The zero-order valence-corrected chi connectivity index (χ0v) is 13.8. The van der Waals surface area contributed by atoms with Crippen molar-refractivity contribution in [2.45, 2.75) is 30.2 Å². The Morgan fingerprint density at radius 3 is 2.70 bits per heavy atom. The van der Waals surface area contributed by atoms with Crippen molar-refractivity contribution < 1.29 is 17.9 Å². The predicted octanol–water partition coefficient (Wildman–Crippen LogP) is 1.22. The Kier molecular flexibility index (Phi) is 3.95. The maximum atomic E-state index is 12.5. The van der Waals surface area contributed by atoms with Crippen LogP contribution >= 0.6 is 0 Å². The van der Waals surface area contributed by atoms with Crippen molar-refractivity contribution in [2.24, 2.45) is 5.92 Å². The first kappa shape index (κ1) is 15.2. The minimum atomic E-state index is -3.51. The van der Waals surface area contributed by atoms with Gasteiger partial charge in [-0.3, -0.25) is 0 Å². The largest absolute Gasteiger partial charge is 0.486 e. The predicted molar refractivity (Wildman–Crippen MR) is 85.3 cm³/mol. The Balaban J connectivity index is 1.39. The van der Waals surface area contributed by atoms with Gasteiger partial charge in [0.05, 0.1) is 4.90 Å². The lowest BCUT2D eigenvalue weighted by Gasteiger charge is -2.19. The van der Waals surface area contributed by atoms with Gasteiger partial charge in [-0.25, -0.2) is 13.1 Å². The quantitative estimate of drug-likeness (QED) is 0.874. The van der Waals surface area contributed by atoms with Crippen molar-refractivity contribution in [3.05, 3.63) is 18.2 Å². The van der Waals surface area contributed by atoms with E-state index in [1.54, 1.807) is 18.2 Å². The van der Waals surface area contributed by atoms with Crippen LogP contribution in [0.2, 0.25) is 0 Å². The van der Waals surface area contributed by atoms with Crippen LogP contribution in [0, 0.1) is 5.92 Å². The summed E-state index contributed by atoms with van der Waals surface area (Å²) >= 11 is 0. The van der Waals surface area contributed by atoms with Crippen LogP contribution in [0.15, 0.2) is 23.1 Å². The Labute approximate surface area is 136 Å². The summed E-state index contributed by atoms with van der Waals surface area (Å²) in [6.45, 7) is 3.55. The normalized spacial score (nSPS) is 24.8. The van der Waals surface area contributed by atoms with E-state index in [-0.39, 0.29) is 4.90 Å². The number of hydrogen-bond acceptors (Lipinski definition) is 5. The third-order valence-corrected chi connectivity index (χ3v) is 6.19. The highest BCUT2D eigenvalue weighted by molar-refractivity contribution is 7.89. The number of ether oxygens (including phenoxy) is 2. The van der Waals surface area contributed by atoms with Gasteiger partial charge in [0.25, 0.3) is 0 Å². The summed E-state index contributed by atoms with van der Waals surface area (Å²) in [4.78, 5) is 2.72. The molecule has 0 bridgehead atoms. The van der Waals surface area contributed by atoms with Gasteiger partial charge < -0.3 is 14.4 Å². The molecule has 0 radical (unpaired) electrons. The van der Waals surface area contributed by atoms with Gasteiger partial charge in [0.1, 0.15) is 13.2 Å². The van der Waals surface area contributed by atoms with Gasteiger partial charge >= 0.3 is 0 Å². The topological polar surface area (TPSA) is 67.9 Å². The molecule has 1 saturated carbocycles. The molecule has 0 aromatic heterocycles. The van der Waals surface area contributed by atoms with Crippen molar-refractivity contribution in [3.63, 3.8) is 0 Å². The molecule has 1 N–H and O–H groups in total. The molecule has 1 saturated heterocycles. The molecular weight excluding hydrogens is 316 g/mol. The number of benzene rings is 1. The number of hydrogen-bond donors (Lipinski definition) is 1. The Morgan fingerprint density at radius 2 is 1.91 bits per heavy atom. The molecule has 1 aromatic carbocycles. The molecule has 7 heteroatoms. The van der Waals surface area contributed by atoms with E-state index < -0.39 is 10.0 Å². The van der Waals surface area contributed by atoms with Crippen LogP contribution in [0.5, 0.6) is 11.5 Å². The molecule has 0 unspecified atom stereocenters. The number of likely N-dealkylation sites (tertiary alicyclic amines) is 1. The molecule has 126 valence electrons. The van der Waals surface area contributed by atoms with E-state index in [0.717, 1.165) is 25.6 Å². The van der Waals surface area contributed by atoms with Crippen LogP contribution in [-0.4, -0.2) is 52.2 Å². The van der Waals surface area contributed by atoms with Crippen molar-refractivity contribution >= 4 is 10.0 Å². The zero-order valence-electron chi connectivity index (χ0n) is 13.0. The van der Waals surface area contributed by atoms with E-state index in [1.165, 1.54) is 12.8 Å². The van der Waals surface area contributed by atoms with Crippen LogP contribution in [-0.2, 0) is 10.0 Å². The summed E-state index contributed by atoms with van der Waals surface area (Å²) in [5.74, 6) is 1.51. The average Bonchev–Trinajstić information content (AvgIpc) is 3.31. The molecule has 3 aliphatic rings. The fourth-order valence-corrected chi connectivity index (χ4v) is 4.43. The lowest BCUT2D eigenvalue weighted by molar-refractivity contribution is 0.171. The molecule has 0 spiro atoms. The molecule has 0 amide bonds. The summed E-state index contributed by atoms with van der Waals surface area (Å²) in [6, 6.07) is 5.53. The standard InChI is InChI=1S/C16H22N2O4S/c19-23(20,14-3-4-15-16(9-14)22-8-7-21-15)17-10-12-5-6-18(11-12)13-1-2-13/h3-4,9,12-13,17H,1-2,5-8,10-11H2/t12-/m0/s1. The van der Waals surface area contributed by atoms with Gasteiger partial charge in [-0.1, -0.05) is 0 Å². The second-order valence-corrected chi connectivity index (χ2v) is 8.31. The third kappa shape index (κ3) is 3.32. The zero-order chi connectivity index (χ0) is 15.9. The lowest BCUT2D eigenvalue weighted by atomic mass is 10.1. The molecule has 2 aliphatic heterocycles. The molecule has 23 heavy (non-hydrogen) atoms. The number of nitrogens with zero attached hydrogens (tertiary/aromatic N) is 1. The fraction of sp³-hybridized carbons (Fsp3) is 0.625. The highest BCUT2D eigenvalue weighted by atomic mass is 32.2. The molecular formula is C16H22N2O4S. The molecule has 1 aliphatic carbocycles. The highest BCUT2D eigenvalue weighted by Gasteiger charge is 2.34. The summed E-state index contributed by atoms with van der Waals surface area (Å²) in [6.07, 6.45) is 3.67. The summed E-state index contributed by atoms with van der Waals surface area (Å²) in [7, 11) is -3.51. The van der Waals surface area contributed by atoms with Gasteiger partial charge in [-0.2, -0.15) is 0 Å². The summed E-state index contributed by atoms with van der Waals surface area (Å²) in [5.41, 5.74) is 0. The number of rotatable bonds is 5. The minimum absolute atomic E-state index is 0.235. The second kappa shape index (κ2) is 5.96. The molecule has 2 fully saturated rings. The van der Waals surface area contributed by atoms with E-state index in [9.17, 15) is 8.42 Å². The Morgan fingerprint density at radius 1 is 1.13 bits per heavy atom. The number of nitrogens with one attached hydrogen (secondary N) is 1. The van der Waals surface area contributed by atoms with E-state index in [0.29, 0.717) is 37.2 Å². The number of fused-ring (bicyclic) bond motifs is 1. The average molecular weight is 338 g/mol. The van der Waals surface area contributed by atoms with Gasteiger partial charge in [0, 0.05) is 25.2 Å². The monoisotopic (exact) mass is 338 g/mol. The maximum Gasteiger partial charge on any atom is 0.240 e. The van der Waals surface area contributed by atoms with E-state index in [2.05, 4.69) is 9.62 Å². The number of sulfonamides is 1. The molecule has 6 nitrogen and oxygen atoms in total. The summed E-state index contributed by atoms with van der Waals surface area (Å²) < 4.78 is 38.6. The van der Waals surface area contributed by atoms with Gasteiger partial charge in [0.2, 0.25) is 10.0 Å². The minimum Gasteiger partial charge on any atom is -0.486 e. The lowest BCUT2D eigenvalue weighted by Crippen LogP contribution is -2.31. The SMILES string of the molecule is O=S(=O)(NC[C@@H]1CCN(C2CC2)C1)c1ccc2c(c1)OCCO2. The fourth-order valence-electron chi connectivity index (χ4n) is 3.30. The smallest absolute Gasteiger partial charge is 0.240 e. The Hall–Kier alpha value is -1.31. The first-order valence-electron chi connectivity index (χ1n) is 8.25. The van der Waals surface area contributed by atoms with Crippen LogP contribution in [0.1, 0.15) is 19.3 Å². The molecule has 1 atom stereocenters. The molecule has 4 rings (SSSR count). The molecule has 1 aromatic rings. The van der Waals surface area contributed by atoms with Crippen LogP contribution in [0.4, 0.5) is 0 Å². The van der Waals surface area contributed by atoms with Gasteiger partial charge in [-0.05, 0) is 43.9 Å². The molecule has 2 heterocycles. The highest BCUT2D eigenvalue weighted by Crippen LogP contribution is 2.33. The van der Waals surface area contributed by atoms with Crippen molar-refractivity contribution in [3.8, 4) is 11.5 Å². The van der Waals surface area contributed by atoms with Crippen molar-refractivity contribution in [1.29, 1.82) is 0 Å². The van der Waals surface area contributed by atoms with Gasteiger partial charge in [0.15, 0.2) is 11.5 Å². The van der Waals surface area contributed by atoms with Crippen LogP contribution in [0.25, 0.3) is 0 Å².